The minimum absolute atomic E-state index is 0.0822. The maximum absolute atomic E-state index is 12.3. The van der Waals surface area contributed by atoms with Crippen LogP contribution >= 0.6 is 0 Å². The van der Waals surface area contributed by atoms with Gasteiger partial charge in [0.2, 0.25) is 0 Å². The molecule has 2 nitrogen and oxygen atoms in total. The van der Waals surface area contributed by atoms with Crippen molar-refractivity contribution in [3.8, 4) is 0 Å². The van der Waals surface area contributed by atoms with Crippen LogP contribution in [0.3, 0.4) is 0 Å². The molecule has 3 rings (SSSR count). The van der Waals surface area contributed by atoms with Crippen LogP contribution in [-0.2, 0) is 9.84 Å². The summed E-state index contributed by atoms with van der Waals surface area (Å²) in [5.41, 5.74) is 0.178. The first-order valence-electron chi connectivity index (χ1n) is 6.39. The molecule has 16 heavy (non-hydrogen) atoms. The van der Waals surface area contributed by atoms with Gasteiger partial charge in [-0.05, 0) is 43.4 Å². The zero-order valence-corrected chi connectivity index (χ0v) is 10.7. The Morgan fingerprint density at radius 2 is 1.81 bits per heavy atom. The second kappa shape index (κ2) is 3.12. The fourth-order valence-electron chi connectivity index (χ4n) is 4.57. The van der Waals surface area contributed by atoms with E-state index in [1.165, 1.54) is 12.8 Å². The molecule has 0 spiro atoms. The molecule has 0 amide bonds. The lowest BCUT2D eigenvalue weighted by atomic mass is 9.51. The lowest BCUT2D eigenvalue weighted by Gasteiger charge is -2.51. The molecule has 3 atom stereocenters. The van der Waals surface area contributed by atoms with Gasteiger partial charge >= 0.3 is 0 Å². The molecule has 0 N–H and O–H groups in total. The summed E-state index contributed by atoms with van der Waals surface area (Å²) in [7, 11) is -2.85. The molecule has 0 radical (unpaired) electrons. The van der Waals surface area contributed by atoms with E-state index in [1.807, 2.05) is 6.92 Å². The average Bonchev–Trinajstić information content (AvgIpc) is 2.45. The van der Waals surface area contributed by atoms with Gasteiger partial charge in [-0.25, -0.2) is 8.42 Å². The van der Waals surface area contributed by atoms with Crippen LogP contribution in [0, 0.1) is 10.8 Å². The Hall–Kier alpha value is -0.310. The van der Waals surface area contributed by atoms with Gasteiger partial charge < -0.3 is 0 Å². The summed E-state index contributed by atoms with van der Waals surface area (Å²) >= 11 is 0. The van der Waals surface area contributed by atoms with Gasteiger partial charge in [-0.3, -0.25) is 0 Å². The molecule has 0 aromatic rings. The van der Waals surface area contributed by atoms with Crippen molar-refractivity contribution in [3.63, 3.8) is 0 Å². The van der Waals surface area contributed by atoms with Gasteiger partial charge in [0.05, 0.1) is 11.0 Å². The lowest BCUT2D eigenvalue weighted by Crippen LogP contribution is -2.47. The van der Waals surface area contributed by atoms with Crippen LogP contribution in [0.4, 0.5) is 0 Å². The Balaban J connectivity index is 2.17. The van der Waals surface area contributed by atoms with Crippen LogP contribution in [0.2, 0.25) is 0 Å². The monoisotopic (exact) mass is 240 g/mol. The smallest absolute Gasteiger partial charge is 0.154 e. The topological polar surface area (TPSA) is 34.1 Å². The summed E-state index contributed by atoms with van der Waals surface area (Å²) < 4.78 is 24.5. The van der Waals surface area contributed by atoms with E-state index in [-0.39, 0.29) is 16.1 Å². The minimum atomic E-state index is -2.85. The number of allylic oxidation sites excluding steroid dienone is 2. The molecule has 3 aliphatic rings. The van der Waals surface area contributed by atoms with Crippen molar-refractivity contribution >= 4 is 9.84 Å². The van der Waals surface area contributed by atoms with E-state index in [1.54, 1.807) is 0 Å². The van der Waals surface area contributed by atoms with Crippen molar-refractivity contribution < 1.29 is 8.42 Å². The highest BCUT2D eigenvalue weighted by Crippen LogP contribution is 2.65. The molecule has 3 heteroatoms. The standard InChI is InChI=1S/C13H20O2S/c1-11-13-8-4-2-6-12(13,7-3-5-9-13)10-16(11,14)15/h2,4,11H,3,5-10H2,1H3/t11-,12-,13+/m0/s1. The Labute approximate surface area is 98.0 Å². The SMILES string of the molecule is C[C@H]1[C@]23CC=CC[C@]2(CCCC3)CS1(=O)=O. The molecule has 1 heterocycles. The Morgan fingerprint density at radius 3 is 2.56 bits per heavy atom. The first-order valence-corrected chi connectivity index (χ1v) is 8.11. The van der Waals surface area contributed by atoms with E-state index in [0.717, 1.165) is 25.7 Å². The summed E-state index contributed by atoms with van der Waals surface area (Å²) in [5.74, 6) is 0.450. The number of sulfone groups is 1. The summed E-state index contributed by atoms with van der Waals surface area (Å²) in [6, 6.07) is 0. The third kappa shape index (κ3) is 1.10. The summed E-state index contributed by atoms with van der Waals surface area (Å²) in [6.07, 6.45) is 11.1. The van der Waals surface area contributed by atoms with Gasteiger partial charge in [0, 0.05) is 0 Å². The zero-order valence-electron chi connectivity index (χ0n) is 9.91. The van der Waals surface area contributed by atoms with E-state index in [0.29, 0.717) is 5.75 Å². The molecule has 0 aromatic carbocycles. The fraction of sp³-hybridized carbons (Fsp3) is 0.846. The van der Waals surface area contributed by atoms with Crippen molar-refractivity contribution in [2.75, 3.05) is 5.75 Å². The Morgan fingerprint density at radius 1 is 1.12 bits per heavy atom. The molecule has 90 valence electrons. The predicted molar refractivity (Wildman–Crippen MR) is 65.0 cm³/mol. The van der Waals surface area contributed by atoms with Gasteiger partial charge in [-0.1, -0.05) is 25.0 Å². The molecular weight excluding hydrogens is 220 g/mol. The molecule has 1 saturated heterocycles. The summed E-state index contributed by atoms with van der Waals surface area (Å²) in [6.45, 7) is 1.96. The van der Waals surface area contributed by atoms with Crippen molar-refractivity contribution in [1.29, 1.82) is 0 Å². The number of hydrogen-bond acceptors (Lipinski definition) is 2. The van der Waals surface area contributed by atoms with Gasteiger partial charge in [-0.2, -0.15) is 0 Å². The minimum Gasteiger partial charge on any atom is -0.229 e. The first-order chi connectivity index (χ1) is 7.53. The summed E-state index contributed by atoms with van der Waals surface area (Å²) in [5, 5.41) is -0.120. The first kappa shape index (κ1) is 10.8. The normalized spacial score (nSPS) is 49.7. The zero-order chi connectivity index (χ0) is 11.4. The maximum atomic E-state index is 12.3. The van der Waals surface area contributed by atoms with E-state index in [4.69, 9.17) is 0 Å². The molecule has 2 aliphatic carbocycles. The van der Waals surface area contributed by atoms with Crippen LogP contribution in [0.5, 0.6) is 0 Å². The van der Waals surface area contributed by atoms with Gasteiger partial charge in [0.1, 0.15) is 0 Å². The van der Waals surface area contributed by atoms with Crippen LogP contribution in [-0.4, -0.2) is 19.4 Å². The van der Waals surface area contributed by atoms with E-state index in [2.05, 4.69) is 12.2 Å². The lowest BCUT2D eigenvalue weighted by molar-refractivity contribution is 0.0154. The highest BCUT2D eigenvalue weighted by Gasteiger charge is 2.64. The van der Waals surface area contributed by atoms with Gasteiger partial charge in [0.25, 0.3) is 0 Å². The van der Waals surface area contributed by atoms with Gasteiger partial charge in [0.15, 0.2) is 9.84 Å². The highest BCUT2D eigenvalue weighted by molar-refractivity contribution is 7.92. The molecule has 1 saturated carbocycles. The van der Waals surface area contributed by atoms with Crippen LogP contribution < -0.4 is 0 Å². The molecule has 0 unspecified atom stereocenters. The third-order valence-corrected chi connectivity index (χ3v) is 8.02. The van der Waals surface area contributed by atoms with Gasteiger partial charge in [-0.15, -0.1) is 0 Å². The molecule has 0 aromatic heterocycles. The largest absolute Gasteiger partial charge is 0.229 e. The highest BCUT2D eigenvalue weighted by atomic mass is 32.2. The van der Waals surface area contributed by atoms with Crippen molar-refractivity contribution in [3.05, 3.63) is 12.2 Å². The van der Waals surface area contributed by atoms with E-state index < -0.39 is 9.84 Å². The Bertz CT molecular complexity index is 437. The van der Waals surface area contributed by atoms with Crippen molar-refractivity contribution in [2.24, 2.45) is 10.8 Å². The van der Waals surface area contributed by atoms with E-state index in [9.17, 15) is 8.42 Å². The van der Waals surface area contributed by atoms with Crippen molar-refractivity contribution in [2.45, 2.75) is 50.7 Å². The third-order valence-electron chi connectivity index (χ3n) is 5.54. The second-order valence-electron chi connectivity index (χ2n) is 5.97. The Kier molecular flexibility index (Phi) is 2.11. The van der Waals surface area contributed by atoms with Crippen molar-refractivity contribution in [1.82, 2.24) is 0 Å². The summed E-state index contributed by atoms with van der Waals surface area (Å²) in [4.78, 5) is 0. The average molecular weight is 240 g/mol. The molecule has 2 fully saturated rings. The number of hydrogen-bond donors (Lipinski definition) is 0. The van der Waals surface area contributed by atoms with Crippen LogP contribution in [0.25, 0.3) is 0 Å². The fourth-order valence-corrected chi connectivity index (χ4v) is 7.29. The molecule has 0 bridgehead atoms. The maximum Gasteiger partial charge on any atom is 0.154 e. The molecular formula is C13H20O2S. The molecule has 1 aliphatic heterocycles. The predicted octanol–water partition coefficient (Wildman–Crippen LogP) is 2.70. The second-order valence-corrected chi connectivity index (χ2v) is 8.29. The number of rotatable bonds is 0. The quantitative estimate of drug-likeness (QED) is 0.610. The van der Waals surface area contributed by atoms with E-state index >= 15 is 0 Å². The van der Waals surface area contributed by atoms with Crippen LogP contribution in [0.15, 0.2) is 12.2 Å². The van der Waals surface area contributed by atoms with Crippen LogP contribution in [0.1, 0.15) is 45.4 Å².